The summed E-state index contributed by atoms with van der Waals surface area (Å²) in [5.74, 6) is -0.604. The maximum Gasteiger partial charge on any atom is 0.255 e. The number of rotatable bonds is 6. The van der Waals surface area contributed by atoms with Gasteiger partial charge >= 0.3 is 0 Å². The molecular formula is C21H24N4O3. The molecule has 0 bridgehead atoms. The summed E-state index contributed by atoms with van der Waals surface area (Å²) < 4.78 is 0. The van der Waals surface area contributed by atoms with E-state index in [1.807, 2.05) is 0 Å². The molecule has 1 heterocycles. The summed E-state index contributed by atoms with van der Waals surface area (Å²) in [6, 6.07) is 9.47. The van der Waals surface area contributed by atoms with Crippen molar-refractivity contribution in [3.63, 3.8) is 0 Å². The molecule has 1 saturated carbocycles. The Morgan fingerprint density at radius 1 is 1.00 bits per heavy atom. The lowest BCUT2D eigenvalue weighted by Gasteiger charge is -2.17. The van der Waals surface area contributed by atoms with Crippen LogP contribution < -0.4 is 16.0 Å². The lowest BCUT2D eigenvalue weighted by molar-refractivity contribution is -0.128. The number of carbonyl (C=O) groups excluding carboxylic acids is 3. The number of nitrogens with one attached hydrogen (secondary N) is 3. The smallest absolute Gasteiger partial charge is 0.255 e. The summed E-state index contributed by atoms with van der Waals surface area (Å²) in [6.07, 6.45) is 7.01. The summed E-state index contributed by atoms with van der Waals surface area (Å²) in [5.41, 5.74) is 1.59. The Labute approximate surface area is 163 Å². The molecule has 0 spiro atoms. The van der Waals surface area contributed by atoms with Crippen molar-refractivity contribution in [2.75, 3.05) is 10.6 Å². The Hall–Kier alpha value is -3.22. The van der Waals surface area contributed by atoms with Gasteiger partial charge in [-0.1, -0.05) is 18.9 Å². The van der Waals surface area contributed by atoms with Gasteiger partial charge in [0.05, 0.1) is 0 Å². The standard InChI is InChI=1S/C21H24N4O3/c1-14(23-20(27)15-5-2-3-6-15)19(26)24-17-7-4-8-18(13-17)25-21(28)16-9-11-22-12-10-16/h4,7-15H,2-3,5-6H2,1H3,(H,23,27)(H,24,26)(H,25,28). The topological polar surface area (TPSA) is 100 Å². The maximum absolute atomic E-state index is 12.4. The van der Waals surface area contributed by atoms with Gasteiger partial charge in [-0.2, -0.15) is 0 Å². The first-order valence-corrected chi connectivity index (χ1v) is 9.45. The van der Waals surface area contributed by atoms with Crippen LogP contribution in [0.5, 0.6) is 0 Å². The molecule has 7 nitrogen and oxygen atoms in total. The fourth-order valence-electron chi connectivity index (χ4n) is 3.22. The second kappa shape index (κ2) is 9.12. The zero-order valence-electron chi connectivity index (χ0n) is 15.8. The van der Waals surface area contributed by atoms with Crippen LogP contribution in [0.4, 0.5) is 11.4 Å². The van der Waals surface area contributed by atoms with E-state index in [1.165, 1.54) is 0 Å². The average molecular weight is 380 g/mol. The van der Waals surface area contributed by atoms with Crippen LogP contribution >= 0.6 is 0 Å². The molecule has 3 amide bonds. The third-order valence-electron chi connectivity index (χ3n) is 4.81. The van der Waals surface area contributed by atoms with Crippen molar-refractivity contribution in [3.8, 4) is 0 Å². The molecule has 1 aromatic carbocycles. The van der Waals surface area contributed by atoms with Crippen molar-refractivity contribution in [1.29, 1.82) is 0 Å². The van der Waals surface area contributed by atoms with Gasteiger partial charge in [0.25, 0.3) is 5.91 Å². The van der Waals surface area contributed by atoms with Gasteiger partial charge in [-0.25, -0.2) is 0 Å². The minimum atomic E-state index is -0.636. The second-order valence-corrected chi connectivity index (χ2v) is 6.97. The number of amides is 3. The molecule has 3 N–H and O–H groups in total. The number of aromatic nitrogens is 1. The number of pyridine rings is 1. The normalized spacial score (nSPS) is 14.9. The van der Waals surface area contributed by atoms with E-state index in [4.69, 9.17) is 0 Å². The molecule has 0 saturated heterocycles. The summed E-state index contributed by atoms with van der Waals surface area (Å²) in [5, 5.41) is 8.34. The minimum absolute atomic E-state index is 0.0157. The number of benzene rings is 1. The Kier molecular flexibility index (Phi) is 6.37. The van der Waals surface area contributed by atoms with Crippen LogP contribution in [-0.2, 0) is 9.59 Å². The van der Waals surface area contributed by atoms with Crippen molar-refractivity contribution in [2.45, 2.75) is 38.6 Å². The van der Waals surface area contributed by atoms with E-state index in [1.54, 1.807) is 55.7 Å². The van der Waals surface area contributed by atoms with E-state index in [0.29, 0.717) is 16.9 Å². The second-order valence-electron chi connectivity index (χ2n) is 6.97. The zero-order valence-corrected chi connectivity index (χ0v) is 15.8. The molecule has 0 aliphatic heterocycles. The van der Waals surface area contributed by atoms with Gasteiger partial charge < -0.3 is 16.0 Å². The molecule has 146 valence electrons. The number of anilines is 2. The summed E-state index contributed by atoms with van der Waals surface area (Å²) >= 11 is 0. The number of nitrogens with zero attached hydrogens (tertiary/aromatic N) is 1. The molecule has 1 unspecified atom stereocenters. The minimum Gasteiger partial charge on any atom is -0.344 e. The fraction of sp³-hybridized carbons (Fsp3) is 0.333. The third-order valence-corrected chi connectivity index (χ3v) is 4.81. The maximum atomic E-state index is 12.4. The van der Waals surface area contributed by atoms with Crippen LogP contribution in [0.15, 0.2) is 48.8 Å². The Balaban J connectivity index is 1.56. The number of carbonyl (C=O) groups is 3. The van der Waals surface area contributed by atoms with Crippen LogP contribution in [-0.4, -0.2) is 28.7 Å². The molecule has 28 heavy (non-hydrogen) atoms. The van der Waals surface area contributed by atoms with Crippen molar-refractivity contribution in [2.24, 2.45) is 5.92 Å². The van der Waals surface area contributed by atoms with Crippen LogP contribution in [0.2, 0.25) is 0 Å². The Morgan fingerprint density at radius 3 is 2.32 bits per heavy atom. The van der Waals surface area contributed by atoms with Gasteiger partial charge in [0.15, 0.2) is 0 Å². The SMILES string of the molecule is CC(NC(=O)C1CCCC1)C(=O)Nc1cccc(NC(=O)c2ccncc2)c1. The van der Waals surface area contributed by atoms with Gasteiger partial charge in [0, 0.05) is 35.2 Å². The monoisotopic (exact) mass is 380 g/mol. The van der Waals surface area contributed by atoms with Gasteiger partial charge in [-0.05, 0) is 50.1 Å². The molecule has 1 aliphatic carbocycles. The molecule has 3 rings (SSSR count). The van der Waals surface area contributed by atoms with Gasteiger partial charge in [0.1, 0.15) is 6.04 Å². The first kappa shape index (κ1) is 19.5. The highest BCUT2D eigenvalue weighted by Gasteiger charge is 2.25. The Morgan fingerprint density at radius 2 is 1.64 bits per heavy atom. The van der Waals surface area contributed by atoms with Crippen molar-refractivity contribution >= 4 is 29.1 Å². The molecule has 0 radical (unpaired) electrons. The zero-order chi connectivity index (χ0) is 19.9. The summed E-state index contributed by atoms with van der Waals surface area (Å²) in [6.45, 7) is 1.66. The van der Waals surface area contributed by atoms with E-state index in [0.717, 1.165) is 25.7 Å². The first-order chi connectivity index (χ1) is 13.5. The van der Waals surface area contributed by atoms with Crippen molar-refractivity contribution in [3.05, 3.63) is 54.4 Å². The van der Waals surface area contributed by atoms with E-state index >= 15 is 0 Å². The molecule has 1 aromatic heterocycles. The fourth-order valence-corrected chi connectivity index (χ4v) is 3.22. The molecule has 7 heteroatoms. The van der Waals surface area contributed by atoms with Crippen LogP contribution in [0.25, 0.3) is 0 Å². The van der Waals surface area contributed by atoms with Crippen LogP contribution in [0.3, 0.4) is 0 Å². The summed E-state index contributed by atoms with van der Waals surface area (Å²) in [7, 11) is 0. The Bertz CT molecular complexity index is 848. The number of hydrogen-bond acceptors (Lipinski definition) is 4. The van der Waals surface area contributed by atoms with E-state index in [2.05, 4.69) is 20.9 Å². The van der Waals surface area contributed by atoms with Crippen molar-refractivity contribution in [1.82, 2.24) is 10.3 Å². The van der Waals surface area contributed by atoms with Crippen LogP contribution in [0.1, 0.15) is 43.0 Å². The molecule has 2 aromatic rings. The highest BCUT2D eigenvalue weighted by atomic mass is 16.2. The van der Waals surface area contributed by atoms with E-state index in [9.17, 15) is 14.4 Å². The third kappa shape index (κ3) is 5.16. The van der Waals surface area contributed by atoms with E-state index < -0.39 is 6.04 Å². The lowest BCUT2D eigenvalue weighted by atomic mass is 10.1. The van der Waals surface area contributed by atoms with Crippen LogP contribution in [0, 0.1) is 5.92 Å². The molecule has 1 aliphatic rings. The predicted molar refractivity (Wildman–Crippen MR) is 107 cm³/mol. The lowest BCUT2D eigenvalue weighted by Crippen LogP contribution is -2.43. The van der Waals surface area contributed by atoms with E-state index in [-0.39, 0.29) is 23.6 Å². The summed E-state index contributed by atoms with van der Waals surface area (Å²) in [4.78, 5) is 40.7. The predicted octanol–water partition coefficient (Wildman–Crippen LogP) is 2.97. The molecule has 1 atom stereocenters. The molecular weight excluding hydrogens is 356 g/mol. The highest BCUT2D eigenvalue weighted by Crippen LogP contribution is 2.24. The quantitative estimate of drug-likeness (QED) is 0.717. The largest absolute Gasteiger partial charge is 0.344 e. The van der Waals surface area contributed by atoms with Gasteiger partial charge in [0.2, 0.25) is 11.8 Å². The number of hydrogen-bond donors (Lipinski definition) is 3. The average Bonchev–Trinajstić information content (AvgIpc) is 3.24. The van der Waals surface area contributed by atoms with Gasteiger partial charge in [-0.15, -0.1) is 0 Å². The molecule has 1 fully saturated rings. The first-order valence-electron chi connectivity index (χ1n) is 9.45. The van der Waals surface area contributed by atoms with Gasteiger partial charge in [-0.3, -0.25) is 19.4 Å². The highest BCUT2D eigenvalue weighted by molar-refractivity contribution is 6.04. The van der Waals surface area contributed by atoms with Crippen molar-refractivity contribution < 1.29 is 14.4 Å².